The Kier molecular flexibility index (Phi) is 3.41. The summed E-state index contributed by atoms with van der Waals surface area (Å²) in [6, 6.07) is 5.29. The van der Waals surface area contributed by atoms with Crippen LogP contribution in [-0.4, -0.2) is 25.6 Å². The lowest BCUT2D eigenvalue weighted by Crippen LogP contribution is -2.00. The van der Waals surface area contributed by atoms with Crippen LogP contribution < -0.4 is 0 Å². The van der Waals surface area contributed by atoms with Gasteiger partial charge in [0.25, 0.3) is 0 Å². The van der Waals surface area contributed by atoms with Gasteiger partial charge in [-0.15, -0.1) is 5.10 Å². The molecule has 3 rings (SSSR count). The molecule has 0 bridgehead atoms. The number of aromatic nitrogens is 3. The van der Waals surface area contributed by atoms with Crippen molar-refractivity contribution in [3.63, 3.8) is 0 Å². The normalized spacial score (nSPS) is 11.3. The van der Waals surface area contributed by atoms with E-state index in [2.05, 4.69) is 14.6 Å². The minimum atomic E-state index is -1.08. The molecule has 2 aromatic heterocycles. The number of halogens is 1. The molecule has 1 aromatic carbocycles. The van der Waals surface area contributed by atoms with E-state index in [0.717, 1.165) is 0 Å². The maximum absolute atomic E-state index is 13.3. The SMILES string of the molecule is O=C(O)c1cc(/C=C\c2csnn2)nc2cc(F)ccc12. The van der Waals surface area contributed by atoms with Gasteiger partial charge in [0.05, 0.1) is 22.5 Å². The molecule has 0 radical (unpaired) electrons. The smallest absolute Gasteiger partial charge is 0.336 e. The Morgan fingerprint density at radius 2 is 2.05 bits per heavy atom. The summed E-state index contributed by atoms with van der Waals surface area (Å²) in [6.07, 6.45) is 3.29. The summed E-state index contributed by atoms with van der Waals surface area (Å²) in [7, 11) is 0. The van der Waals surface area contributed by atoms with Crippen molar-refractivity contribution in [2.75, 3.05) is 0 Å². The number of rotatable bonds is 3. The molecular formula is C14H8FN3O2S. The molecule has 0 saturated carbocycles. The van der Waals surface area contributed by atoms with Crippen molar-refractivity contribution in [3.05, 3.63) is 52.4 Å². The Morgan fingerprint density at radius 3 is 2.76 bits per heavy atom. The molecule has 0 spiro atoms. The fourth-order valence-electron chi connectivity index (χ4n) is 1.90. The number of carbonyl (C=O) groups is 1. The van der Waals surface area contributed by atoms with E-state index < -0.39 is 11.8 Å². The number of nitrogens with zero attached hydrogens (tertiary/aromatic N) is 3. The number of carboxylic acid groups (broad SMARTS) is 1. The van der Waals surface area contributed by atoms with Crippen LogP contribution in [0.25, 0.3) is 23.1 Å². The first-order chi connectivity index (χ1) is 10.1. The second-order valence-corrected chi connectivity index (χ2v) is 4.83. The number of hydrogen-bond donors (Lipinski definition) is 1. The minimum absolute atomic E-state index is 0.0797. The van der Waals surface area contributed by atoms with Gasteiger partial charge in [-0.3, -0.25) is 0 Å². The van der Waals surface area contributed by atoms with Gasteiger partial charge in [-0.05, 0) is 41.9 Å². The highest BCUT2D eigenvalue weighted by Crippen LogP contribution is 2.21. The van der Waals surface area contributed by atoms with Crippen molar-refractivity contribution in [1.82, 2.24) is 14.6 Å². The largest absolute Gasteiger partial charge is 0.478 e. The highest BCUT2D eigenvalue weighted by atomic mass is 32.1. The van der Waals surface area contributed by atoms with E-state index in [4.69, 9.17) is 0 Å². The summed E-state index contributed by atoms with van der Waals surface area (Å²) in [4.78, 5) is 15.6. The molecule has 3 aromatic rings. The first-order valence-electron chi connectivity index (χ1n) is 5.92. The molecule has 0 aliphatic heterocycles. The Bertz CT molecular complexity index is 847. The van der Waals surface area contributed by atoms with Crippen molar-refractivity contribution in [1.29, 1.82) is 0 Å². The zero-order chi connectivity index (χ0) is 14.8. The molecule has 0 aliphatic rings. The summed E-state index contributed by atoms with van der Waals surface area (Å²) in [5.41, 5.74) is 1.44. The Hall–Kier alpha value is -2.67. The highest BCUT2D eigenvalue weighted by Gasteiger charge is 2.11. The number of pyridine rings is 1. The molecule has 0 amide bonds. The number of hydrogen-bond acceptors (Lipinski definition) is 5. The quantitative estimate of drug-likeness (QED) is 0.804. The van der Waals surface area contributed by atoms with Crippen LogP contribution in [0.5, 0.6) is 0 Å². The highest BCUT2D eigenvalue weighted by molar-refractivity contribution is 7.03. The molecule has 21 heavy (non-hydrogen) atoms. The molecule has 2 heterocycles. The van der Waals surface area contributed by atoms with E-state index >= 15 is 0 Å². The van der Waals surface area contributed by atoms with Crippen LogP contribution in [0.15, 0.2) is 29.6 Å². The number of carboxylic acids is 1. The van der Waals surface area contributed by atoms with Gasteiger partial charge in [-0.2, -0.15) is 0 Å². The third-order valence-corrected chi connectivity index (χ3v) is 3.35. The number of fused-ring (bicyclic) bond motifs is 1. The van der Waals surface area contributed by atoms with Crippen LogP contribution in [-0.2, 0) is 0 Å². The summed E-state index contributed by atoms with van der Waals surface area (Å²) >= 11 is 1.21. The van der Waals surface area contributed by atoms with Crippen LogP contribution in [0, 0.1) is 5.82 Å². The predicted molar refractivity (Wildman–Crippen MR) is 77.5 cm³/mol. The van der Waals surface area contributed by atoms with Gasteiger partial charge < -0.3 is 5.11 Å². The third-order valence-electron chi connectivity index (χ3n) is 2.82. The molecule has 0 unspecified atom stereocenters. The molecular weight excluding hydrogens is 293 g/mol. The van der Waals surface area contributed by atoms with E-state index in [9.17, 15) is 14.3 Å². The van der Waals surface area contributed by atoms with Crippen molar-refractivity contribution >= 4 is 40.6 Å². The number of aromatic carboxylic acids is 1. The first kappa shape index (κ1) is 13.3. The van der Waals surface area contributed by atoms with Gasteiger partial charge in [0.15, 0.2) is 0 Å². The zero-order valence-corrected chi connectivity index (χ0v) is 11.3. The van der Waals surface area contributed by atoms with Crippen molar-refractivity contribution in [2.45, 2.75) is 0 Å². The molecule has 0 saturated heterocycles. The lowest BCUT2D eigenvalue weighted by atomic mass is 10.1. The van der Waals surface area contributed by atoms with E-state index in [0.29, 0.717) is 22.3 Å². The van der Waals surface area contributed by atoms with Crippen molar-refractivity contribution in [3.8, 4) is 0 Å². The fraction of sp³-hybridized carbons (Fsp3) is 0. The van der Waals surface area contributed by atoms with Gasteiger partial charge in [0.2, 0.25) is 0 Å². The maximum Gasteiger partial charge on any atom is 0.336 e. The summed E-state index contributed by atoms with van der Waals surface area (Å²) in [6.45, 7) is 0. The minimum Gasteiger partial charge on any atom is -0.478 e. The first-order valence-corrected chi connectivity index (χ1v) is 6.76. The lowest BCUT2D eigenvalue weighted by molar-refractivity contribution is 0.0699. The molecule has 0 aliphatic carbocycles. The molecule has 104 valence electrons. The third kappa shape index (κ3) is 2.77. The van der Waals surface area contributed by atoms with Crippen LogP contribution >= 0.6 is 11.5 Å². The monoisotopic (exact) mass is 301 g/mol. The molecule has 0 fully saturated rings. The predicted octanol–water partition coefficient (Wildman–Crippen LogP) is 3.09. The Balaban J connectivity index is 2.13. The molecule has 1 N–H and O–H groups in total. The summed E-state index contributed by atoms with van der Waals surface area (Å²) in [5, 5.41) is 15.3. The van der Waals surface area contributed by atoms with E-state index in [1.54, 1.807) is 17.5 Å². The van der Waals surface area contributed by atoms with Crippen molar-refractivity contribution < 1.29 is 14.3 Å². The van der Waals surface area contributed by atoms with Gasteiger partial charge in [-0.25, -0.2) is 14.2 Å². The Labute approximate surface area is 122 Å². The van der Waals surface area contributed by atoms with E-state index in [-0.39, 0.29) is 5.56 Å². The van der Waals surface area contributed by atoms with Gasteiger partial charge in [0, 0.05) is 16.8 Å². The maximum atomic E-state index is 13.3. The summed E-state index contributed by atoms with van der Waals surface area (Å²) in [5.74, 6) is -1.55. The molecule has 0 atom stereocenters. The topological polar surface area (TPSA) is 76.0 Å². The standard InChI is InChI=1S/C14H8FN3O2S/c15-8-1-4-11-12(14(19)20)6-9(16-13(11)5-8)2-3-10-7-21-18-17-10/h1-7H,(H,19,20)/b3-2-. The number of benzene rings is 1. The van der Waals surface area contributed by atoms with Crippen LogP contribution in [0.4, 0.5) is 4.39 Å². The molecule has 7 heteroatoms. The van der Waals surface area contributed by atoms with Gasteiger partial charge in [-0.1, -0.05) is 4.49 Å². The Morgan fingerprint density at radius 1 is 1.24 bits per heavy atom. The van der Waals surface area contributed by atoms with Gasteiger partial charge in [0.1, 0.15) is 5.82 Å². The average Bonchev–Trinajstić information content (AvgIpc) is 2.97. The second kappa shape index (κ2) is 5.37. The summed E-state index contributed by atoms with van der Waals surface area (Å²) < 4.78 is 17.0. The fourth-order valence-corrected chi connectivity index (χ4v) is 2.32. The van der Waals surface area contributed by atoms with Gasteiger partial charge >= 0.3 is 5.97 Å². The second-order valence-electron chi connectivity index (χ2n) is 4.22. The van der Waals surface area contributed by atoms with Crippen LogP contribution in [0.2, 0.25) is 0 Å². The van der Waals surface area contributed by atoms with E-state index in [1.807, 2.05) is 0 Å². The average molecular weight is 301 g/mol. The molecule has 5 nitrogen and oxygen atoms in total. The van der Waals surface area contributed by atoms with Crippen molar-refractivity contribution in [2.24, 2.45) is 0 Å². The van der Waals surface area contributed by atoms with E-state index in [1.165, 1.54) is 35.8 Å². The van der Waals surface area contributed by atoms with Crippen LogP contribution in [0.1, 0.15) is 21.7 Å². The lowest BCUT2D eigenvalue weighted by Gasteiger charge is -2.04. The zero-order valence-electron chi connectivity index (χ0n) is 10.5. The van der Waals surface area contributed by atoms with Crippen LogP contribution in [0.3, 0.4) is 0 Å².